The number of hydrogen-bond donors (Lipinski definition) is 0. The Balaban J connectivity index is 2.03. The Morgan fingerprint density at radius 2 is 1.94 bits per heavy atom. The molecule has 1 spiro atoms. The lowest BCUT2D eigenvalue weighted by Gasteiger charge is -2.22. The smallest absolute Gasteiger partial charge is 0.325 e. The lowest BCUT2D eigenvalue weighted by molar-refractivity contribution is -0.149. The minimum Gasteiger partial charge on any atom is -0.468 e. The molecule has 4 heteroatoms. The molecular weight excluding hydrogens is 206 g/mol. The number of carbonyl (C=O) groups is 1. The fraction of sp³-hybridized carbons (Fsp3) is 0.917. The standard InChI is InChI=1S/C12H21NO3/c1-9(2)10(11(14)15-3)13-12(16-13)7-5-4-6-8-12/h9-10H,4-8H2,1-3H3/t10-,13?/m0/s1. The van der Waals surface area contributed by atoms with Crippen LogP contribution < -0.4 is 0 Å². The van der Waals surface area contributed by atoms with E-state index in [1.54, 1.807) is 0 Å². The molecule has 0 bridgehead atoms. The van der Waals surface area contributed by atoms with Crippen LogP contribution in [0.5, 0.6) is 0 Å². The van der Waals surface area contributed by atoms with Crippen molar-refractivity contribution in [2.45, 2.75) is 57.7 Å². The number of ether oxygens (including phenoxy) is 1. The van der Waals surface area contributed by atoms with Crippen molar-refractivity contribution in [2.24, 2.45) is 5.92 Å². The highest BCUT2D eigenvalue weighted by atomic mass is 16.9. The second-order valence-corrected chi connectivity index (χ2v) is 5.14. The molecule has 1 aliphatic carbocycles. The maximum atomic E-state index is 11.7. The summed E-state index contributed by atoms with van der Waals surface area (Å²) in [7, 11) is 1.44. The summed E-state index contributed by atoms with van der Waals surface area (Å²) in [5.41, 5.74) is -0.138. The molecule has 4 nitrogen and oxygen atoms in total. The van der Waals surface area contributed by atoms with E-state index >= 15 is 0 Å². The third kappa shape index (κ3) is 1.96. The van der Waals surface area contributed by atoms with Crippen LogP contribution in [0.1, 0.15) is 46.0 Å². The van der Waals surface area contributed by atoms with Gasteiger partial charge in [-0.2, -0.15) is 0 Å². The number of hydrogen-bond acceptors (Lipinski definition) is 4. The Bertz CT molecular complexity index is 271. The third-order valence-corrected chi connectivity index (χ3v) is 3.60. The molecule has 2 rings (SSSR count). The van der Waals surface area contributed by atoms with Crippen LogP contribution >= 0.6 is 0 Å². The lowest BCUT2D eigenvalue weighted by Crippen LogP contribution is -2.39. The summed E-state index contributed by atoms with van der Waals surface area (Å²) in [4.78, 5) is 17.4. The van der Waals surface area contributed by atoms with E-state index in [4.69, 9.17) is 9.57 Å². The van der Waals surface area contributed by atoms with Gasteiger partial charge < -0.3 is 4.74 Å². The van der Waals surface area contributed by atoms with Crippen molar-refractivity contribution in [3.05, 3.63) is 0 Å². The van der Waals surface area contributed by atoms with E-state index in [0.717, 1.165) is 12.8 Å². The highest BCUT2D eigenvalue weighted by Gasteiger charge is 2.60. The first-order valence-corrected chi connectivity index (χ1v) is 6.17. The second kappa shape index (κ2) is 4.34. The monoisotopic (exact) mass is 227 g/mol. The normalized spacial score (nSPS) is 29.1. The minimum atomic E-state index is -0.247. The van der Waals surface area contributed by atoms with E-state index in [1.807, 2.05) is 18.9 Å². The number of esters is 1. The third-order valence-electron chi connectivity index (χ3n) is 3.60. The second-order valence-electron chi connectivity index (χ2n) is 5.14. The summed E-state index contributed by atoms with van der Waals surface area (Å²) in [6.07, 6.45) is 5.77. The van der Waals surface area contributed by atoms with Crippen LogP contribution in [-0.4, -0.2) is 29.9 Å². The zero-order chi connectivity index (χ0) is 11.8. The van der Waals surface area contributed by atoms with Crippen molar-refractivity contribution in [1.82, 2.24) is 5.06 Å². The average molecular weight is 227 g/mol. The first kappa shape index (κ1) is 11.9. The van der Waals surface area contributed by atoms with Gasteiger partial charge in [0.1, 0.15) is 6.04 Å². The van der Waals surface area contributed by atoms with Crippen LogP contribution in [0.2, 0.25) is 0 Å². The number of nitrogens with zero attached hydrogens (tertiary/aromatic N) is 1. The van der Waals surface area contributed by atoms with Gasteiger partial charge in [0.05, 0.1) is 7.11 Å². The quantitative estimate of drug-likeness (QED) is 0.547. The molecule has 0 amide bonds. The Morgan fingerprint density at radius 1 is 1.31 bits per heavy atom. The van der Waals surface area contributed by atoms with Gasteiger partial charge in [-0.05, 0) is 31.6 Å². The van der Waals surface area contributed by atoms with Crippen LogP contribution in [0.25, 0.3) is 0 Å². The summed E-state index contributed by atoms with van der Waals surface area (Å²) in [6, 6.07) is -0.247. The number of rotatable bonds is 3. The predicted molar refractivity (Wildman–Crippen MR) is 59.4 cm³/mol. The molecule has 1 heterocycles. The molecule has 0 aromatic rings. The summed E-state index contributed by atoms with van der Waals surface area (Å²) in [5, 5.41) is 1.88. The Hall–Kier alpha value is -0.610. The highest BCUT2D eigenvalue weighted by molar-refractivity contribution is 5.76. The first-order valence-electron chi connectivity index (χ1n) is 6.17. The average Bonchev–Trinajstić information content (AvgIpc) is 2.92. The van der Waals surface area contributed by atoms with Gasteiger partial charge in [-0.15, -0.1) is 5.06 Å². The zero-order valence-corrected chi connectivity index (χ0v) is 10.4. The van der Waals surface area contributed by atoms with E-state index in [9.17, 15) is 4.79 Å². The first-order chi connectivity index (χ1) is 7.60. The minimum absolute atomic E-state index is 0.138. The molecular formula is C12H21NO3. The molecule has 1 aliphatic heterocycles. The van der Waals surface area contributed by atoms with Crippen molar-refractivity contribution in [3.63, 3.8) is 0 Å². The van der Waals surface area contributed by atoms with Crippen molar-refractivity contribution >= 4 is 5.97 Å². The SMILES string of the molecule is COC(=O)[C@H](C(C)C)N1OC12CCCCC2. The number of methoxy groups -OCH3 is 1. The van der Waals surface area contributed by atoms with E-state index in [-0.39, 0.29) is 23.7 Å². The van der Waals surface area contributed by atoms with Gasteiger partial charge >= 0.3 is 5.97 Å². The molecule has 2 atom stereocenters. The summed E-state index contributed by atoms with van der Waals surface area (Å²) in [5.74, 6) is 0.0335. The summed E-state index contributed by atoms with van der Waals surface area (Å²) >= 11 is 0. The lowest BCUT2D eigenvalue weighted by atomic mass is 9.92. The van der Waals surface area contributed by atoms with Gasteiger partial charge in [0.25, 0.3) is 0 Å². The van der Waals surface area contributed by atoms with E-state index < -0.39 is 0 Å². The fourth-order valence-electron chi connectivity index (χ4n) is 2.65. The molecule has 16 heavy (non-hydrogen) atoms. The van der Waals surface area contributed by atoms with E-state index in [0.29, 0.717) is 0 Å². The molecule has 1 saturated heterocycles. The molecule has 0 radical (unpaired) electrons. The molecule has 1 saturated carbocycles. The molecule has 0 aromatic heterocycles. The van der Waals surface area contributed by atoms with Crippen molar-refractivity contribution in [1.29, 1.82) is 0 Å². The van der Waals surface area contributed by atoms with Crippen LogP contribution in [0.3, 0.4) is 0 Å². The largest absolute Gasteiger partial charge is 0.468 e. The van der Waals surface area contributed by atoms with Gasteiger partial charge in [-0.3, -0.25) is 9.63 Å². The maximum absolute atomic E-state index is 11.7. The highest BCUT2D eigenvalue weighted by Crippen LogP contribution is 2.49. The predicted octanol–water partition coefficient (Wildman–Crippen LogP) is 2.09. The number of carbonyl (C=O) groups excluding carboxylic acids is 1. The number of hydroxylamine groups is 2. The zero-order valence-electron chi connectivity index (χ0n) is 10.4. The van der Waals surface area contributed by atoms with Gasteiger partial charge in [0.2, 0.25) is 0 Å². The van der Waals surface area contributed by atoms with E-state index in [2.05, 4.69) is 0 Å². The maximum Gasteiger partial charge on any atom is 0.325 e. The van der Waals surface area contributed by atoms with Crippen molar-refractivity contribution in [2.75, 3.05) is 7.11 Å². The topological polar surface area (TPSA) is 41.8 Å². The van der Waals surface area contributed by atoms with Crippen molar-refractivity contribution in [3.8, 4) is 0 Å². The Labute approximate surface area is 96.8 Å². The van der Waals surface area contributed by atoms with Crippen LogP contribution in [-0.2, 0) is 14.4 Å². The molecule has 0 aromatic carbocycles. The van der Waals surface area contributed by atoms with Crippen LogP contribution in [0.4, 0.5) is 0 Å². The molecule has 2 fully saturated rings. The van der Waals surface area contributed by atoms with Crippen LogP contribution in [0.15, 0.2) is 0 Å². The van der Waals surface area contributed by atoms with Gasteiger partial charge in [0.15, 0.2) is 5.72 Å². The van der Waals surface area contributed by atoms with E-state index in [1.165, 1.54) is 26.4 Å². The molecule has 0 N–H and O–H groups in total. The molecule has 1 unspecified atom stereocenters. The fourth-order valence-corrected chi connectivity index (χ4v) is 2.65. The summed E-state index contributed by atoms with van der Waals surface area (Å²) < 4.78 is 4.85. The van der Waals surface area contributed by atoms with Crippen LogP contribution in [0, 0.1) is 5.92 Å². The van der Waals surface area contributed by atoms with Gasteiger partial charge in [-0.1, -0.05) is 20.3 Å². The summed E-state index contributed by atoms with van der Waals surface area (Å²) in [6.45, 7) is 4.06. The van der Waals surface area contributed by atoms with Crippen molar-refractivity contribution < 1.29 is 14.4 Å². The molecule has 92 valence electrons. The Morgan fingerprint density at radius 3 is 2.44 bits per heavy atom. The van der Waals surface area contributed by atoms with Gasteiger partial charge in [0, 0.05) is 0 Å². The molecule has 2 aliphatic rings. The Kier molecular flexibility index (Phi) is 3.22. The van der Waals surface area contributed by atoms with Gasteiger partial charge in [-0.25, -0.2) is 0 Å².